The monoisotopic (exact) mass is 209 g/mol. The van der Waals surface area contributed by atoms with Gasteiger partial charge in [-0.1, -0.05) is 6.07 Å². The maximum Gasteiger partial charge on any atom is 0.0363 e. The highest BCUT2D eigenvalue weighted by molar-refractivity contribution is 7.98. The van der Waals surface area contributed by atoms with E-state index in [0.717, 1.165) is 0 Å². The first kappa shape index (κ1) is 11.6. The lowest BCUT2D eigenvalue weighted by atomic mass is 9.92. The summed E-state index contributed by atoms with van der Waals surface area (Å²) in [6.07, 6.45) is 2.10. The summed E-state index contributed by atoms with van der Waals surface area (Å²) >= 11 is 1.77. The number of benzene rings is 1. The van der Waals surface area contributed by atoms with E-state index in [9.17, 15) is 0 Å². The van der Waals surface area contributed by atoms with Gasteiger partial charge in [0.25, 0.3) is 0 Å². The van der Waals surface area contributed by atoms with E-state index in [-0.39, 0.29) is 5.54 Å². The van der Waals surface area contributed by atoms with Crippen LogP contribution in [0, 0.1) is 13.8 Å². The summed E-state index contributed by atoms with van der Waals surface area (Å²) < 4.78 is 0. The molecule has 0 amide bonds. The van der Waals surface area contributed by atoms with E-state index in [2.05, 4.69) is 46.1 Å². The van der Waals surface area contributed by atoms with Crippen LogP contribution in [-0.4, -0.2) is 6.26 Å². The molecule has 0 heterocycles. The zero-order valence-corrected chi connectivity index (χ0v) is 10.5. The fourth-order valence-electron chi connectivity index (χ4n) is 1.46. The lowest BCUT2D eigenvalue weighted by Crippen LogP contribution is -2.29. The van der Waals surface area contributed by atoms with Crippen molar-refractivity contribution in [2.24, 2.45) is 5.73 Å². The molecule has 1 aromatic rings. The quantitative estimate of drug-likeness (QED) is 0.757. The van der Waals surface area contributed by atoms with Crippen LogP contribution in [0.25, 0.3) is 0 Å². The Morgan fingerprint density at radius 2 is 1.64 bits per heavy atom. The van der Waals surface area contributed by atoms with Crippen LogP contribution in [0.4, 0.5) is 0 Å². The molecule has 0 unspecified atom stereocenters. The summed E-state index contributed by atoms with van der Waals surface area (Å²) in [5.74, 6) is 0. The van der Waals surface area contributed by atoms with E-state index in [1.807, 2.05) is 0 Å². The number of hydrogen-bond acceptors (Lipinski definition) is 2. The molecule has 0 aliphatic rings. The van der Waals surface area contributed by atoms with Crippen molar-refractivity contribution in [1.82, 2.24) is 0 Å². The van der Waals surface area contributed by atoms with E-state index in [1.165, 1.54) is 21.6 Å². The molecular weight excluding hydrogens is 190 g/mol. The van der Waals surface area contributed by atoms with Crippen molar-refractivity contribution in [3.63, 3.8) is 0 Å². The summed E-state index contributed by atoms with van der Waals surface area (Å²) in [6, 6.07) is 4.44. The van der Waals surface area contributed by atoms with Gasteiger partial charge in [0, 0.05) is 10.4 Å². The first-order valence-corrected chi connectivity index (χ1v) is 6.03. The SMILES string of the molecule is CSc1cc(C)c(C)cc1C(C)(C)N. The van der Waals surface area contributed by atoms with Gasteiger partial charge in [0.2, 0.25) is 0 Å². The molecule has 0 bridgehead atoms. The summed E-state index contributed by atoms with van der Waals surface area (Å²) in [4.78, 5) is 1.29. The van der Waals surface area contributed by atoms with Crippen molar-refractivity contribution >= 4 is 11.8 Å². The zero-order chi connectivity index (χ0) is 10.9. The molecule has 2 N–H and O–H groups in total. The number of rotatable bonds is 2. The highest BCUT2D eigenvalue weighted by atomic mass is 32.2. The molecule has 78 valence electrons. The van der Waals surface area contributed by atoms with Crippen LogP contribution in [-0.2, 0) is 5.54 Å². The highest BCUT2D eigenvalue weighted by Gasteiger charge is 2.18. The van der Waals surface area contributed by atoms with E-state index in [4.69, 9.17) is 5.73 Å². The van der Waals surface area contributed by atoms with Crippen LogP contribution in [0.5, 0.6) is 0 Å². The van der Waals surface area contributed by atoms with E-state index < -0.39 is 0 Å². The maximum atomic E-state index is 6.14. The van der Waals surface area contributed by atoms with Crippen LogP contribution in [0.15, 0.2) is 17.0 Å². The van der Waals surface area contributed by atoms with Gasteiger partial charge < -0.3 is 5.73 Å². The Morgan fingerprint density at radius 3 is 2.07 bits per heavy atom. The van der Waals surface area contributed by atoms with Crippen molar-refractivity contribution in [1.29, 1.82) is 0 Å². The Bertz CT molecular complexity index is 337. The summed E-state index contributed by atoms with van der Waals surface area (Å²) in [5.41, 5.74) is 9.78. The van der Waals surface area contributed by atoms with E-state index in [0.29, 0.717) is 0 Å². The smallest absolute Gasteiger partial charge is 0.0363 e. The Balaban J connectivity index is 3.35. The van der Waals surface area contributed by atoms with Gasteiger partial charge in [-0.25, -0.2) is 0 Å². The Hall–Kier alpha value is -0.470. The minimum Gasteiger partial charge on any atom is -0.322 e. The third-order valence-electron chi connectivity index (χ3n) is 2.51. The molecule has 0 aliphatic carbocycles. The first-order valence-electron chi connectivity index (χ1n) is 4.81. The number of nitrogens with two attached hydrogens (primary N) is 1. The molecule has 1 nitrogen and oxygen atoms in total. The largest absolute Gasteiger partial charge is 0.322 e. The number of hydrogen-bond donors (Lipinski definition) is 1. The molecule has 2 heteroatoms. The third kappa shape index (κ3) is 2.31. The molecule has 0 aromatic heterocycles. The Labute approximate surface area is 91.1 Å². The molecule has 1 aromatic carbocycles. The van der Waals surface area contributed by atoms with Crippen LogP contribution in [0.2, 0.25) is 0 Å². The number of aryl methyl sites for hydroxylation is 2. The second-order valence-electron chi connectivity index (χ2n) is 4.36. The second kappa shape index (κ2) is 3.95. The maximum absolute atomic E-state index is 6.14. The van der Waals surface area contributed by atoms with Gasteiger partial charge in [-0.05, 0) is 56.7 Å². The lowest BCUT2D eigenvalue weighted by molar-refractivity contribution is 0.542. The van der Waals surface area contributed by atoms with Gasteiger partial charge >= 0.3 is 0 Å². The van der Waals surface area contributed by atoms with Crippen molar-refractivity contribution < 1.29 is 0 Å². The van der Waals surface area contributed by atoms with Crippen molar-refractivity contribution in [2.75, 3.05) is 6.26 Å². The second-order valence-corrected chi connectivity index (χ2v) is 5.21. The number of thioether (sulfide) groups is 1. The molecule has 0 aliphatic heterocycles. The molecule has 14 heavy (non-hydrogen) atoms. The first-order chi connectivity index (χ1) is 6.36. The van der Waals surface area contributed by atoms with Gasteiger partial charge in [0.1, 0.15) is 0 Å². The summed E-state index contributed by atoms with van der Waals surface area (Å²) in [6.45, 7) is 8.38. The standard InChI is InChI=1S/C12H19NS/c1-8-6-10(12(3,4)13)11(14-5)7-9(8)2/h6-7H,13H2,1-5H3. The molecule has 0 atom stereocenters. The fraction of sp³-hybridized carbons (Fsp3) is 0.500. The molecule has 0 fully saturated rings. The van der Waals surface area contributed by atoms with Crippen molar-refractivity contribution in [3.05, 3.63) is 28.8 Å². The predicted octanol–water partition coefficient (Wildman–Crippen LogP) is 3.22. The Morgan fingerprint density at radius 1 is 1.14 bits per heavy atom. The lowest BCUT2D eigenvalue weighted by Gasteiger charge is -2.23. The summed E-state index contributed by atoms with van der Waals surface area (Å²) in [5, 5.41) is 0. The van der Waals surface area contributed by atoms with E-state index in [1.54, 1.807) is 11.8 Å². The molecule has 0 radical (unpaired) electrons. The van der Waals surface area contributed by atoms with Gasteiger partial charge in [-0.2, -0.15) is 0 Å². The molecule has 0 saturated heterocycles. The summed E-state index contributed by atoms with van der Waals surface area (Å²) in [7, 11) is 0. The minimum absolute atomic E-state index is 0.253. The van der Waals surface area contributed by atoms with Crippen LogP contribution >= 0.6 is 11.8 Å². The van der Waals surface area contributed by atoms with Gasteiger partial charge in [0.15, 0.2) is 0 Å². The van der Waals surface area contributed by atoms with Crippen LogP contribution < -0.4 is 5.73 Å². The minimum atomic E-state index is -0.253. The highest BCUT2D eigenvalue weighted by Crippen LogP contribution is 2.30. The third-order valence-corrected chi connectivity index (χ3v) is 3.29. The molecule has 0 spiro atoms. The van der Waals surface area contributed by atoms with Crippen molar-refractivity contribution in [2.45, 2.75) is 38.1 Å². The topological polar surface area (TPSA) is 26.0 Å². The van der Waals surface area contributed by atoms with Crippen molar-refractivity contribution in [3.8, 4) is 0 Å². The molecule has 1 rings (SSSR count). The fourth-order valence-corrected chi connectivity index (χ4v) is 2.30. The van der Waals surface area contributed by atoms with Gasteiger partial charge in [-0.3, -0.25) is 0 Å². The van der Waals surface area contributed by atoms with E-state index >= 15 is 0 Å². The van der Waals surface area contributed by atoms with Crippen LogP contribution in [0.3, 0.4) is 0 Å². The van der Waals surface area contributed by atoms with Crippen LogP contribution in [0.1, 0.15) is 30.5 Å². The van der Waals surface area contributed by atoms with Gasteiger partial charge in [-0.15, -0.1) is 11.8 Å². The molecule has 0 saturated carbocycles. The average molecular weight is 209 g/mol. The zero-order valence-electron chi connectivity index (χ0n) is 9.64. The normalized spacial score (nSPS) is 11.9. The Kier molecular flexibility index (Phi) is 3.28. The predicted molar refractivity (Wildman–Crippen MR) is 64.9 cm³/mol. The van der Waals surface area contributed by atoms with Gasteiger partial charge in [0.05, 0.1) is 0 Å². The molecular formula is C12H19NS. The average Bonchev–Trinajstić information content (AvgIpc) is 2.07.